The first-order valence-electron chi connectivity index (χ1n) is 2.60. The van der Waals surface area contributed by atoms with Crippen molar-refractivity contribution in [3.8, 4) is 0 Å². The summed E-state index contributed by atoms with van der Waals surface area (Å²) >= 11 is 0. The molecule has 0 aromatic heterocycles. The van der Waals surface area contributed by atoms with Crippen molar-refractivity contribution in [1.82, 2.24) is 0 Å². The van der Waals surface area contributed by atoms with Crippen LogP contribution < -0.4 is 0 Å². The van der Waals surface area contributed by atoms with Crippen LogP contribution in [0.3, 0.4) is 0 Å². The average Bonchev–Trinajstić information content (AvgIpc) is 1.35. The van der Waals surface area contributed by atoms with Gasteiger partial charge in [-0.1, -0.05) is 26.7 Å². The Morgan fingerprint density at radius 3 is 1.88 bits per heavy atom. The maximum atomic E-state index is 3.83. The van der Waals surface area contributed by atoms with Crippen LogP contribution in [0.15, 0.2) is 0 Å². The summed E-state index contributed by atoms with van der Waals surface area (Å²) in [6.45, 7) is 8.15. The molecule has 0 aliphatic heterocycles. The Morgan fingerprint density at radius 1 is 1.50 bits per heavy atom. The Morgan fingerprint density at radius 2 is 1.88 bits per heavy atom. The van der Waals surface area contributed by atoms with Crippen LogP contribution in [-0.4, -0.2) is 0 Å². The maximum Gasteiger partial charge on any atom is 0 e. The van der Waals surface area contributed by atoms with Crippen molar-refractivity contribution in [2.75, 3.05) is 0 Å². The summed E-state index contributed by atoms with van der Waals surface area (Å²) in [5, 5.41) is 0. The third-order valence-corrected chi connectivity index (χ3v) is 0.781. The Kier molecular flexibility index (Phi) is 22.0. The molecule has 49 valence electrons. The SMILES string of the molecule is [CH2-]C(C)CCC.[CH3-].[Y]. The van der Waals surface area contributed by atoms with Crippen LogP contribution >= 0.6 is 0 Å². The minimum absolute atomic E-state index is 0. The minimum Gasteiger partial charge on any atom is -0.358 e. The van der Waals surface area contributed by atoms with E-state index in [-0.39, 0.29) is 40.1 Å². The minimum atomic E-state index is 0. The third-order valence-electron chi connectivity index (χ3n) is 0.781. The van der Waals surface area contributed by atoms with E-state index in [1.807, 2.05) is 0 Å². The molecule has 0 aliphatic rings. The van der Waals surface area contributed by atoms with E-state index in [0.717, 1.165) is 0 Å². The van der Waals surface area contributed by atoms with E-state index in [1.165, 1.54) is 12.8 Å². The van der Waals surface area contributed by atoms with Crippen LogP contribution in [-0.2, 0) is 32.7 Å². The van der Waals surface area contributed by atoms with Gasteiger partial charge in [-0.15, -0.1) is 0 Å². The summed E-state index contributed by atoms with van der Waals surface area (Å²) in [4.78, 5) is 0. The zero-order valence-electron chi connectivity index (χ0n) is 6.28. The van der Waals surface area contributed by atoms with E-state index in [9.17, 15) is 0 Å². The topological polar surface area (TPSA) is 0 Å². The molecular formula is C7H16Y-2. The molecule has 1 atom stereocenters. The summed E-state index contributed by atoms with van der Waals surface area (Å²) in [6.07, 6.45) is 2.53. The second-order valence-corrected chi connectivity index (χ2v) is 1.89. The molecule has 0 fully saturated rings. The van der Waals surface area contributed by atoms with Crippen molar-refractivity contribution in [3.63, 3.8) is 0 Å². The first kappa shape index (κ1) is 16.0. The predicted octanol–water partition coefficient (Wildman–Crippen LogP) is 2.70. The average molecular weight is 189 g/mol. The number of hydrogen-bond donors (Lipinski definition) is 0. The van der Waals surface area contributed by atoms with Gasteiger partial charge in [0.05, 0.1) is 0 Å². The van der Waals surface area contributed by atoms with E-state index in [1.54, 1.807) is 0 Å². The smallest absolute Gasteiger partial charge is 0 e. The largest absolute Gasteiger partial charge is 0.358 e. The quantitative estimate of drug-likeness (QED) is 0.586. The van der Waals surface area contributed by atoms with Gasteiger partial charge in [-0.25, -0.2) is 0 Å². The van der Waals surface area contributed by atoms with Crippen molar-refractivity contribution in [3.05, 3.63) is 14.4 Å². The van der Waals surface area contributed by atoms with Gasteiger partial charge in [-0.05, 0) is 0 Å². The first-order chi connectivity index (χ1) is 2.77. The third kappa shape index (κ3) is 15.7. The van der Waals surface area contributed by atoms with Gasteiger partial charge in [0.1, 0.15) is 0 Å². The van der Waals surface area contributed by atoms with Gasteiger partial charge < -0.3 is 14.4 Å². The molecule has 0 aromatic rings. The molecule has 0 rings (SSSR count). The number of hydrogen-bond acceptors (Lipinski definition) is 0. The Balaban J connectivity index is -0.000000125. The molecule has 0 saturated carbocycles. The van der Waals surface area contributed by atoms with Gasteiger partial charge >= 0.3 is 0 Å². The second kappa shape index (κ2) is 11.0. The van der Waals surface area contributed by atoms with Gasteiger partial charge in [0.25, 0.3) is 0 Å². The molecule has 0 bridgehead atoms. The Bertz CT molecular complexity index is 25.6. The van der Waals surface area contributed by atoms with E-state index < -0.39 is 0 Å². The van der Waals surface area contributed by atoms with Crippen LogP contribution in [0.25, 0.3) is 0 Å². The van der Waals surface area contributed by atoms with Crippen molar-refractivity contribution < 1.29 is 32.7 Å². The van der Waals surface area contributed by atoms with Crippen molar-refractivity contribution in [2.24, 2.45) is 5.92 Å². The van der Waals surface area contributed by atoms with Crippen molar-refractivity contribution in [2.45, 2.75) is 26.7 Å². The molecule has 0 heterocycles. The molecule has 8 heavy (non-hydrogen) atoms. The second-order valence-electron chi connectivity index (χ2n) is 1.89. The van der Waals surface area contributed by atoms with Gasteiger partial charge in [-0.3, -0.25) is 0 Å². The van der Waals surface area contributed by atoms with E-state index in [4.69, 9.17) is 0 Å². The molecule has 1 unspecified atom stereocenters. The molecule has 0 saturated heterocycles. The van der Waals surface area contributed by atoms with Crippen LogP contribution in [0, 0.1) is 20.3 Å². The standard InChI is InChI=1S/C6H13.CH3.Y/c1-4-5-6(2)3;;/h6H,2,4-5H2,1,3H3;1H3;/q2*-1;. The zero-order valence-corrected chi connectivity index (χ0v) is 9.11. The molecule has 0 aromatic carbocycles. The molecule has 0 nitrogen and oxygen atoms in total. The predicted molar refractivity (Wildman–Crippen MR) is 35.8 cm³/mol. The monoisotopic (exact) mass is 189 g/mol. The maximum absolute atomic E-state index is 3.83. The molecular weight excluding hydrogens is 173 g/mol. The fraction of sp³-hybridized carbons (Fsp3) is 0.714. The summed E-state index contributed by atoms with van der Waals surface area (Å²) in [5.41, 5.74) is 0. The van der Waals surface area contributed by atoms with Gasteiger partial charge in [-0.2, -0.15) is 5.92 Å². The molecule has 0 spiro atoms. The Hall–Kier alpha value is 1.10. The van der Waals surface area contributed by atoms with Crippen molar-refractivity contribution in [1.29, 1.82) is 0 Å². The Labute approximate surface area is 79.3 Å². The first-order valence-corrected chi connectivity index (χ1v) is 2.60. The van der Waals surface area contributed by atoms with E-state index in [0.29, 0.717) is 5.92 Å². The summed E-state index contributed by atoms with van der Waals surface area (Å²) in [7, 11) is 0. The van der Waals surface area contributed by atoms with Gasteiger partial charge in [0, 0.05) is 32.7 Å². The summed E-state index contributed by atoms with van der Waals surface area (Å²) in [5.74, 6) is 0.648. The fourth-order valence-electron chi connectivity index (χ4n) is 0.493. The summed E-state index contributed by atoms with van der Waals surface area (Å²) in [6, 6.07) is 0. The molecule has 1 heteroatoms. The molecule has 0 aliphatic carbocycles. The normalized spacial score (nSPS) is 10.9. The van der Waals surface area contributed by atoms with Crippen LogP contribution in [0.5, 0.6) is 0 Å². The van der Waals surface area contributed by atoms with Crippen molar-refractivity contribution >= 4 is 0 Å². The molecule has 0 N–H and O–H groups in total. The molecule has 1 radical (unpaired) electrons. The number of rotatable bonds is 2. The van der Waals surface area contributed by atoms with E-state index >= 15 is 0 Å². The zero-order chi connectivity index (χ0) is 4.99. The summed E-state index contributed by atoms with van der Waals surface area (Å²) < 4.78 is 0. The van der Waals surface area contributed by atoms with Gasteiger partial charge in [0.2, 0.25) is 0 Å². The van der Waals surface area contributed by atoms with Crippen LogP contribution in [0.1, 0.15) is 26.7 Å². The fourth-order valence-corrected chi connectivity index (χ4v) is 0.493. The van der Waals surface area contributed by atoms with E-state index in [2.05, 4.69) is 20.8 Å². The van der Waals surface area contributed by atoms with Crippen LogP contribution in [0.2, 0.25) is 0 Å². The van der Waals surface area contributed by atoms with Gasteiger partial charge in [0.15, 0.2) is 0 Å². The van der Waals surface area contributed by atoms with Crippen LogP contribution in [0.4, 0.5) is 0 Å². The molecule has 0 amide bonds.